The van der Waals surface area contributed by atoms with Crippen LogP contribution in [0, 0.1) is 0 Å². The summed E-state index contributed by atoms with van der Waals surface area (Å²) in [6.07, 6.45) is 6.07. The fraction of sp³-hybridized carbons (Fsp3) is 0.440. The van der Waals surface area contributed by atoms with Crippen LogP contribution >= 0.6 is 0 Å². The van der Waals surface area contributed by atoms with Crippen LogP contribution in [0.3, 0.4) is 0 Å². The number of aromatic carboxylic acids is 1. The second-order valence-electron chi connectivity index (χ2n) is 7.77. The first-order valence-electron chi connectivity index (χ1n) is 11.2. The number of fused-ring (bicyclic) bond motifs is 1. The van der Waals surface area contributed by atoms with Gasteiger partial charge in [-0.2, -0.15) is 4.98 Å². The molecule has 32 heavy (non-hydrogen) atoms. The van der Waals surface area contributed by atoms with Crippen molar-refractivity contribution in [3.63, 3.8) is 0 Å². The Bertz CT molecular complexity index is 1030. The van der Waals surface area contributed by atoms with Crippen molar-refractivity contribution in [3.05, 3.63) is 47.5 Å². The number of hydrogen-bond donors (Lipinski definition) is 2. The number of nitrogens with zero attached hydrogens (tertiary/aromatic N) is 1. The predicted octanol–water partition coefficient (Wildman–Crippen LogP) is 5.93. The highest BCUT2D eigenvalue weighted by Gasteiger charge is 2.17. The summed E-state index contributed by atoms with van der Waals surface area (Å²) in [5, 5.41) is 12.7. The van der Waals surface area contributed by atoms with Crippen molar-refractivity contribution in [3.8, 4) is 11.5 Å². The van der Waals surface area contributed by atoms with Gasteiger partial charge < -0.3 is 24.3 Å². The number of anilines is 1. The van der Waals surface area contributed by atoms with Gasteiger partial charge in [0.2, 0.25) is 0 Å². The fourth-order valence-corrected chi connectivity index (χ4v) is 3.86. The SMILES string of the molecule is CCCC(CCCCc1ccc(OC)c(OCC)c1)Nc1nc2cccc(C(=O)O)c2o1. The number of rotatable bonds is 13. The number of carbonyl (C=O) groups is 1. The number of nitrogens with one attached hydrogen (secondary N) is 1. The fourth-order valence-electron chi connectivity index (χ4n) is 3.86. The van der Waals surface area contributed by atoms with Crippen LogP contribution < -0.4 is 14.8 Å². The maximum atomic E-state index is 11.4. The molecule has 7 heteroatoms. The van der Waals surface area contributed by atoms with E-state index < -0.39 is 5.97 Å². The van der Waals surface area contributed by atoms with Crippen LogP contribution in [0.25, 0.3) is 11.1 Å². The number of hydrogen-bond acceptors (Lipinski definition) is 6. The third kappa shape index (κ3) is 5.93. The zero-order valence-electron chi connectivity index (χ0n) is 19.0. The second-order valence-corrected chi connectivity index (χ2v) is 7.77. The van der Waals surface area contributed by atoms with E-state index in [0.29, 0.717) is 23.7 Å². The number of oxazole rings is 1. The highest BCUT2D eigenvalue weighted by atomic mass is 16.5. The van der Waals surface area contributed by atoms with Crippen LogP contribution in [-0.2, 0) is 6.42 Å². The van der Waals surface area contributed by atoms with Crippen molar-refractivity contribution in [2.24, 2.45) is 0 Å². The number of para-hydroxylation sites is 1. The molecule has 0 aliphatic heterocycles. The van der Waals surface area contributed by atoms with Crippen LogP contribution in [0.5, 0.6) is 11.5 Å². The van der Waals surface area contributed by atoms with Gasteiger partial charge in [-0.3, -0.25) is 0 Å². The highest BCUT2D eigenvalue weighted by Crippen LogP contribution is 2.29. The topological polar surface area (TPSA) is 93.8 Å². The van der Waals surface area contributed by atoms with Crippen LogP contribution in [0.2, 0.25) is 0 Å². The van der Waals surface area contributed by atoms with E-state index in [9.17, 15) is 9.90 Å². The lowest BCUT2D eigenvalue weighted by Crippen LogP contribution is -2.19. The minimum atomic E-state index is -1.02. The monoisotopic (exact) mass is 440 g/mol. The number of aromatic nitrogens is 1. The van der Waals surface area contributed by atoms with E-state index in [0.717, 1.165) is 50.0 Å². The second kappa shape index (κ2) is 11.4. The molecule has 0 fully saturated rings. The highest BCUT2D eigenvalue weighted by molar-refractivity contribution is 6.00. The lowest BCUT2D eigenvalue weighted by molar-refractivity contribution is 0.0698. The molecule has 0 bridgehead atoms. The zero-order chi connectivity index (χ0) is 22.9. The van der Waals surface area contributed by atoms with Gasteiger partial charge in [0.15, 0.2) is 17.1 Å². The first-order valence-corrected chi connectivity index (χ1v) is 11.2. The quantitative estimate of drug-likeness (QED) is 0.318. The molecule has 1 aromatic heterocycles. The summed E-state index contributed by atoms with van der Waals surface area (Å²) in [6, 6.07) is 11.7. The molecule has 0 amide bonds. The van der Waals surface area contributed by atoms with Crippen LogP contribution in [0.4, 0.5) is 6.01 Å². The van der Waals surface area contributed by atoms with Crippen LogP contribution in [-0.4, -0.2) is 35.8 Å². The Kier molecular flexibility index (Phi) is 8.36. The molecule has 0 spiro atoms. The molecule has 0 aliphatic carbocycles. The normalized spacial score (nSPS) is 12.0. The number of ether oxygens (including phenoxy) is 2. The first kappa shape index (κ1) is 23.4. The lowest BCUT2D eigenvalue weighted by Gasteiger charge is -2.17. The van der Waals surface area contributed by atoms with Crippen molar-refractivity contribution in [1.29, 1.82) is 0 Å². The number of aryl methyl sites for hydroxylation is 1. The summed E-state index contributed by atoms with van der Waals surface area (Å²) in [6.45, 7) is 4.72. The summed E-state index contributed by atoms with van der Waals surface area (Å²) in [5.41, 5.74) is 2.21. The average Bonchev–Trinajstić information content (AvgIpc) is 3.19. The van der Waals surface area contributed by atoms with Gasteiger partial charge >= 0.3 is 5.97 Å². The van der Waals surface area contributed by atoms with E-state index in [-0.39, 0.29) is 11.6 Å². The van der Waals surface area contributed by atoms with Gasteiger partial charge in [-0.1, -0.05) is 31.9 Å². The molecule has 172 valence electrons. The van der Waals surface area contributed by atoms with Crippen LogP contribution in [0.15, 0.2) is 40.8 Å². The number of methoxy groups -OCH3 is 1. The van der Waals surface area contributed by atoms with Gasteiger partial charge in [-0.15, -0.1) is 0 Å². The van der Waals surface area contributed by atoms with E-state index in [1.807, 2.05) is 13.0 Å². The van der Waals surface area contributed by atoms with Crippen LogP contribution in [0.1, 0.15) is 61.9 Å². The lowest BCUT2D eigenvalue weighted by atomic mass is 10.0. The number of benzene rings is 2. The maximum Gasteiger partial charge on any atom is 0.339 e. The van der Waals surface area contributed by atoms with Gasteiger partial charge in [0.05, 0.1) is 13.7 Å². The van der Waals surface area contributed by atoms with E-state index in [1.54, 1.807) is 19.2 Å². The third-order valence-corrected chi connectivity index (χ3v) is 5.41. The largest absolute Gasteiger partial charge is 0.493 e. The van der Waals surface area contributed by atoms with Crippen molar-refractivity contribution in [2.75, 3.05) is 19.0 Å². The van der Waals surface area contributed by atoms with Crippen molar-refractivity contribution in [2.45, 2.75) is 58.4 Å². The van der Waals surface area contributed by atoms with Gasteiger partial charge in [0.1, 0.15) is 11.1 Å². The molecule has 0 radical (unpaired) electrons. The maximum absolute atomic E-state index is 11.4. The molecule has 1 heterocycles. The molecule has 0 saturated heterocycles. The molecule has 7 nitrogen and oxygen atoms in total. The summed E-state index contributed by atoms with van der Waals surface area (Å²) < 4.78 is 16.8. The number of carboxylic acids is 1. The minimum Gasteiger partial charge on any atom is -0.493 e. The summed E-state index contributed by atoms with van der Waals surface area (Å²) >= 11 is 0. The van der Waals surface area contributed by atoms with E-state index in [4.69, 9.17) is 13.9 Å². The van der Waals surface area contributed by atoms with Gasteiger partial charge in [0, 0.05) is 6.04 Å². The molecule has 3 rings (SSSR count). The smallest absolute Gasteiger partial charge is 0.339 e. The molecule has 1 atom stereocenters. The minimum absolute atomic E-state index is 0.126. The van der Waals surface area contributed by atoms with Gasteiger partial charge in [-0.05, 0) is 62.4 Å². The Morgan fingerprint density at radius 2 is 2.00 bits per heavy atom. The third-order valence-electron chi connectivity index (χ3n) is 5.41. The zero-order valence-corrected chi connectivity index (χ0v) is 19.0. The summed E-state index contributed by atoms with van der Waals surface area (Å²) in [7, 11) is 1.65. The van der Waals surface area contributed by atoms with E-state index in [1.165, 1.54) is 11.6 Å². The van der Waals surface area contributed by atoms with Crippen molar-refractivity contribution in [1.82, 2.24) is 4.98 Å². The van der Waals surface area contributed by atoms with E-state index >= 15 is 0 Å². The molecule has 0 aliphatic rings. The number of carboxylic acid groups (broad SMARTS) is 1. The molecule has 2 aromatic carbocycles. The standard InChI is InChI=1S/C25H32N2O5/c1-4-9-18(26-25-27-20-13-8-12-19(24(28)29)23(20)32-25)11-7-6-10-17-14-15-21(30-3)22(16-17)31-5-2/h8,12-16,18H,4-7,9-11H2,1-3H3,(H,26,27)(H,28,29). The Balaban J connectivity index is 1.57. The van der Waals surface area contributed by atoms with E-state index in [2.05, 4.69) is 29.4 Å². The molecule has 2 N–H and O–H groups in total. The summed E-state index contributed by atoms with van der Waals surface area (Å²) in [4.78, 5) is 15.8. The Morgan fingerprint density at radius 3 is 2.72 bits per heavy atom. The Labute approximate surface area is 188 Å². The molecular weight excluding hydrogens is 408 g/mol. The van der Waals surface area contributed by atoms with Crippen molar-refractivity contribution < 1.29 is 23.8 Å². The predicted molar refractivity (Wildman–Crippen MR) is 125 cm³/mol. The van der Waals surface area contributed by atoms with Crippen molar-refractivity contribution >= 4 is 23.1 Å². The Hall–Kier alpha value is -3.22. The molecule has 0 saturated carbocycles. The van der Waals surface area contributed by atoms with Gasteiger partial charge in [0.25, 0.3) is 6.01 Å². The first-order chi connectivity index (χ1) is 15.5. The molecule has 3 aromatic rings. The number of unbranched alkanes of at least 4 members (excludes halogenated alkanes) is 1. The molecule has 1 unspecified atom stereocenters. The molecular formula is C25H32N2O5. The summed E-state index contributed by atoms with van der Waals surface area (Å²) in [5.74, 6) is 0.524. The van der Waals surface area contributed by atoms with Gasteiger partial charge in [-0.25, -0.2) is 4.79 Å². The Morgan fingerprint density at radius 1 is 1.16 bits per heavy atom. The average molecular weight is 441 g/mol.